The maximum Gasteiger partial charge on any atom is 0.275 e. The van der Waals surface area contributed by atoms with Gasteiger partial charge in [-0.25, -0.2) is 4.99 Å². The Morgan fingerprint density at radius 1 is 1.00 bits per heavy atom. The topological polar surface area (TPSA) is 82.4 Å². The molecule has 0 saturated carbocycles. The summed E-state index contributed by atoms with van der Waals surface area (Å²) in [6.07, 6.45) is 6.61. The summed E-state index contributed by atoms with van der Waals surface area (Å²) in [6.45, 7) is 5.23. The Labute approximate surface area is 196 Å². The second-order valence-electron chi connectivity index (χ2n) is 8.36. The smallest absolute Gasteiger partial charge is 0.275 e. The van der Waals surface area contributed by atoms with E-state index < -0.39 is 15.4 Å². The van der Waals surface area contributed by atoms with Gasteiger partial charge in [-0.15, -0.1) is 0 Å². The molecule has 2 atom stereocenters. The fraction of sp³-hybridized carbons (Fsp3) is 0.400. The summed E-state index contributed by atoms with van der Waals surface area (Å²) in [7, 11) is -4.37. The Hall–Kier alpha value is -2.84. The lowest BCUT2D eigenvalue weighted by Crippen LogP contribution is -2.49. The van der Waals surface area contributed by atoms with E-state index in [1.54, 1.807) is 6.20 Å². The Morgan fingerprint density at radius 3 is 2.21 bits per heavy atom. The number of aliphatic imine (C=N–C) groups is 1. The zero-order valence-corrected chi connectivity index (χ0v) is 19.9. The van der Waals surface area contributed by atoms with Crippen LogP contribution in [0.2, 0.25) is 0 Å². The normalized spacial score (nSPS) is 18.3. The standard InChI is InChI=1S/C25H31N3O4S/c1-3-9-19-14-16-26-25(27(19)17-4-2)24(33(29,30)31)15-18-28-20-10-5-7-12-22(20)32-23-13-8-6-11-21(23)28/h5-8,10-14,16,19,24H,3-4,9,15,17-18H2,1-2H3,(H,29,30,31). The summed E-state index contributed by atoms with van der Waals surface area (Å²) in [6, 6.07) is 15.5. The van der Waals surface area contributed by atoms with E-state index in [1.165, 1.54) is 0 Å². The first-order valence-electron chi connectivity index (χ1n) is 11.5. The number of anilines is 2. The molecule has 2 aromatic carbocycles. The summed E-state index contributed by atoms with van der Waals surface area (Å²) in [5.41, 5.74) is 1.73. The summed E-state index contributed by atoms with van der Waals surface area (Å²) in [4.78, 5) is 8.56. The summed E-state index contributed by atoms with van der Waals surface area (Å²) >= 11 is 0. The molecule has 0 saturated heterocycles. The van der Waals surface area contributed by atoms with Gasteiger partial charge < -0.3 is 14.5 Å². The second-order valence-corrected chi connectivity index (χ2v) is 9.96. The molecular formula is C25H31N3O4S. The van der Waals surface area contributed by atoms with Crippen molar-refractivity contribution in [2.24, 2.45) is 4.99 Å². The van der Waals surface area contributed by atoms with Gasteiger partial charge in [0.2, 0.25) is 0 Å². The van der Waals surface area contributed by atoms with Crippen LogP contribution >= 0.6 is 0 Å². The molecule has 4 rings (SSSR count). The van der Waals surface area contributed by atoms with Gasteiger partial charge in [-0.3, -0.25) is 4.55 Å². The number of nitrogens with zero attached hydrogens (tertiary/aromatic N) is 3. The number of hydrogen-bond donors (Lipinski definition) is 1. The maximum absolute atomic E-state index is 12.6. The summed E-state index contributed by atoms with van der Waals surface area (Å²) in [5.74, 6) is 1.86. The molecule has 0 fully saturated rings. The predicted molar refractivity (Wildman–Crippen MR) is 132 cm³/mol. The number of amidine groups is 1. The maximum atomic E-state index is 12.6. The van der Waals surface area contributed by atoms with Gasteiger partial charge in [-0.05, 0) is 49.6 Å². The molecule has 2 aromatic rings. The number of rotatable bonds is 9. The van der Waals surface area contributed by atoms with E-state index in [0.717, 1.165) is 30.6 Å². The van der Waals surface area contributed by atoms with E-state index >= 15 is 0 Å². The van der Waals surface area contributed by atoms with Gasteiger partial charge in [0.1, 0.15) is 11.1 Å². The van der Waals surface area contributed by atoms with Crippen molar-refractivity contribution in [1.29, 1.82) is 0 Å². The van der Waals surface area contributed by atoms with Crippen molar-refractivity contribution < 1.29 is 17.7 Å². The highest BCUT2D eigenvalue weighted by Gasteiger charge is 2.36. The number of para-hydroxylation sites is 4. The Bertz CT molecular complexity index is 1100. The fourth-order valence-electron chi connectivity index (χ4n) is 4.58. The average Bonchev–Trinajstić information content (AvgIpc) is 2.79. The van der Waals surface area contributed by atoms with Gasteiger partial charge in [0.15, 0.2) is 11.5 Å². The number of benzene rings is 2. The van der Waals surface area contributed by atoms with Gasteiger partial charge >= 0.3 is 0 Å². The average molecular weight is 470 g/mol. The largest absolute Gasteiger partial charge is 0.453 e. The van der Waals surface area contributed by atoms with Gasteiger partial charge in [0, 0.05) is 19.3 Å². The molecule has 0 bridgehead atoms. The van der Waals surface area contributed by atoms with Gasteiger partial charge in [-0.1, -0.05) is 44.5 Å². The molecule has 2 aliphatic heterocycles. The number of hydrogen-bond acceptors (Lipinski definition) is 6. The molecule has 0 aliphatic carbocycles. The van der Waals surface area contributed by atoms with Crippen molar-refractivity contribution in [3.8, 4) is 11.5 Å². The molecule has 1 N–H and O–H groups in total. The molecule has 0 spiro atoms. The first kappa shape index (κ1) is 23.3. The molecule has 0 amide bonds. The van der Waals surface area contributed by atoms with Crippen LogP contribution in [-0.2, 0) is 10.1 Å². The summed E-state index contributed by atoms with van der Waals surface area (Å²) < 4.78 is 41.5. The van der Waals surface area contributed by atoms with E-state index in [4.69, 9.17) is 4.74 Å². The first-order chi connectivity index (χ1) is 15.9. The molecule has 2 aliphatic rings. The van der Waals surface area contributed by atoms with Crippen LogP contribution in [0.3, 0.4) is 0 Å². The van der Waals surface area contributed by atoms with Crippen LogP contribution in [0.15, 0.2) is 65.8 Å². The minimum absolute atomic E-state index is 0.0801. The predicted octanol–water partition coefficient (Wildman–Crippen LogP) is 5.38. The van der Waals surface area contributed by atoms with E-state index in [-0.39, 0.29) is 12.5 Å². The fourth-order valence-corrected chi connectivity index (χ4v) is 5.45. The highest BCUT2D eigenvalue weighted by atomic mass is 32.2. The molecule has 2 unspecified atom stereocenters. The Balaban J connectivity index is 1.65. The molecule has 7 nitrogen and oxygen atoms in total. The van der Waals surface area contributed by atoms with Crippen LogP contribution in [0.25, 0.3) is 0 Å². The molecule has 33 heavy (non-hydrogen) atoms. The zero-order chi connectivity index (χ0) is 23.4. The van der Waals surface area contributed by atoms with Gasteiger partial charge in [-0.2, -0.15) is 8.42 Å². The molecule has 176 valence electrons. The zero-order valence-electron chi connectivity index (χ0n) is 19.1. The van der Waals surface area contributed by atoms with Crippen LogP contribution < -0.4 is 9.64 Å². The molecule has 2 heterocycles. The highest BCUT2D eigenvalue weighted by Crippen LogP contribution is 2.46. The quantitative estimate of drug-likeness (QED) is 0.496. The lowest BCUT2D eigenvalue weighted by atomic mass is 10.1. The van der Waals surface area contributed by atoms with Crippen LogP contribution in [0.4, 0.5) is 11.4 Å². The third-order valence-corrected chi connectivity index (χ3v) is 7.22. The van der Waals surface area contributed by atoms with Crippen molar-refractivity contribution in [2.45, 2.75) is 50.8 Å². The van der Waals surface area contributed by atoms with E-state index in [1.807, 2.05) is 59.5 Å². The molecule has 0 aromatic heterocycles. The highest BCUT2D eigenvalue weighted by molar-refractivity contribution is 7.87. The van der Waals surface area contributed by atoms with Gasteiger partial charge in [0.25, 0.3) is 10.1 Å². The van der Waals surface area contributed by atoms with E-state index in [0.29, 0.717) is 30.4 Å². The minimum Gasteiger partial charge on any atom is -0.453 e. The molecular weight excluding hydrogens is 438 g/mol. The van der Waals surface area contributed by atoms with Crippen molar-refractivity contribution in [3.63, 3.8) is 0 Å². The van der Waals surface area contributed by atoms with E-state index in [9.17, 15) is 13.0 Å². The van der Waals surface area contributed by atoms with Crippen LogP contribution in [0, 0.1) is 0 Å². The van der Waals surface area contributed by atoms with Crippen LogP contribution in [-0.4, -0.2) is 48.1 Å². The summed E-state index contributed by atoms with van der Waals surface area (Å²) in [5, 5.41) is -1.12. The third-order valence-electron chi connectivity index (χ3n) is 6.05. The monoisotopic (exact) mass is 469 g/mol. The molecule has 0 radical (unpaired) electrons. The number of ether oxygens (including phenoxy) is 1. The molecule has 8 heteroatoms. The minimum atomic E-state index is -4.37. The second kappa shape index (κ2) is 9.97. The van der Waals surface area contributed by atoms with Crippen LogP contribution in [0.5, 0.6) is 11.5 Å². The van der Waals surface area contributed by atoms with Crippen LogP contribution in [0.1, 0.15) is 39.5 Å². The Morgan fingerprint density at radius 2 is 1.64 bits per heavy atom. The first-order valence-corrected chi connectivity index (χ1v) is 13.0. The SMILES string of the molecule is CCCC1C=CN=C(C(CCN2c3ccccc3Oc3ccccc32)S(=O)(=O)O)N1CCC. The van der Waals surface area contributed by atoms with Crippen molar-refractivity contribution in [2.75, 3.05) is 18.0 Å². The van der Waals surface area contributed by atoms with Gasteiger partial charge in [0.05, 0.1) is 17.4 Å². The van der Waals surface area contributed by atoms with Crippen molar-refractivity contribution >= 4 is 27.3 Å². The van der Waals surface area contributed by atoms with Crippen molar-refractivity contribution in [3.05, 3.63) is 60.8 Å². The lowest BCUT2D eigenvalue weighted by molar-refractivity contribution is 0.326. The lowest BCUT2D eigenvalue weighted by Gasteiger charge is -2.38. The van der Waals surface area contributed by atoms with Crippen molar-refractivity contribution in [1.82, 2.24) is 4.90 Å². The third kappa shape index (κ3) is 4.91. The Kier molecular flexibility index (Phi) is 7.05. The van der Waals surface area contributed by atoms with E-state index in [2.05, 4.69) is 23.7 Å². The number of fused-ring (bicyclic) bond motifs is 2.